The second-order valence-corrected chi connectivity index (χ2v) is 6.30. The molecule has 0 N–H and O–H groups in total. The van der Waals surface area contributed by atoms with Crippen molar-refractivity contribution in [3.8, 4) is 0 Å². The molecule has 1 aromatic carbocycles. The Bertz CT molecular complexity index is 671. The second-order valence-electron chi connectivity index (χ2n) is 6.30. The molecule has 2 aromatic rings. The Balaban J connectivity index is 1.84. The first-order valence-corrected chi connectivity index (χ1v) is 7.83. The van der Waals surface area contributed by atoms with Gasteiger partial charge in [-0.2, -0.15) is 0 Å². The van der Waals surface area contributed by atoms with Gasteiger partial charge in [-0.05, 0) is 63.3 Å². The summed E-state index contributed by atoms with van der Waals surface area (Å²) in [5, 5.41) is 1.08. The van der Waals surface area contributed by atoms with Gasteiger partial charge in [0.1, 0.15) is 5.58 Å². The van der Waals surface area contributed by atoms with Gasteiger partial charge in [-0.25, -0.2) is 0 Å². The zero-order valence-corrected chi connectivity index (χ0v) is 13.1. The molecule has 1 aromatic heterocycles. The predicted octanol–water partition coefficient (Wildman–Crippen LogP) is 3.99. The van der Waals surface area contributed by atoms with Crippen molar-refractivity contribution in [1.29, 1.82) is 0 Å². The second kappa shape index (κ2) is 5.55. The molecule has 3 nitrogen and oxygen atoms in total. The first kappa shape index (κ1) is 14.2. The van der Waals surface area contributed by atoms with E-state index in [0.717, 1.165) is 35.9 Å². The van der Waals surface area contributed by atoms with Gasteiger partial charge in [0, 0.05) is 23.5 Å². The molecular formula is C18H23NO2. The fourth-order valence-corrected chi connectivity index (χ4v) is 3.21. The van der Waals surface area contributed by atoms with E-state index >= 15 is 0 Å². The van der Waals surface area contributed by atoms with E-state index in [0.29, 0.717) is 12.5 Å². The van der Waals surface area contributed by atoms with E-state index < -0.39 is 0 Å². The Morgan fingerprint density at radius 1 is 1.29 bits per heavy atom. The molecule has 1 aliphatic heterocycles. The van der Waals surface area contributed by atoms with Crippen molar-refractivity contribution in [2.45, 2.75) is 52.5 Å². The fourth-order valence-electron chi connectivity index (χ4n) is 3.21. The smallest absolute Gasteiger partial charge is 0.227 e. The highest BCUT2D eigenvalue weighted by Gasteiger charge is 2.24. The summed E-state index contributed by atoms with van der Waals surface area (Å²) in [6, 6.07) is 4.56. The van der Waals surface area contributed by atoms with E-state index in [1.165, 1.54) is 17.5 Å². The first-order chi connectivity index (χ1) is 10.1. The normalized spacial score (nSPS) is 19.2. The summed E-state index contributed by atoms with van der Waals surface area (Å²) >= 11 is 0. The summed E-state index contributed by atoms with van der Waals surface area (Å²) < 4.78 is 5.63. The molecule has 0 spiro atoms. The van der Waals surface area contributed by atoms with Crippen LogP contribution in [0.25, 0.3) is 11.0 Å². The fraction of sp³-hybridized carbons (Fsp3) is 0.500. The third-order valence-electron chi connectivity index (χ3n) is 4.74. The van der Waals surface area contributed by atoms with Crippen molar-refractivity contribution in [3.05, 3.63) is 35.1 Å². The molecule has 0 radical (unpaired) electrons. The lowest BCUT2D eigenvalue weighted by Gasteiger charge is -2.33. The number of likely N-dealkylation sites (tertiary alicyclic amines) is 1. The van der Waals surface area contributed by atoms with Gasteiger partial charge in [0.05, 0.1) is 12.7 Å². The minimum absolute atomic E-state index is 0.225. The van der Waals surface area contributed by atoms with E-state index in [2.05, 4.69) is 32.9 Å². The number of carbonyl (C=O) groups excluding carboxylic acids is 1. The lowest BCUT2D eigenvalue weighted by molar-refractivity contribution is -0.133. The van der Waals surface area contributed by atoms with Crippen LogP contribution in [-0.2, 0) is 11.2 Å². The summed E-state index contributed by atoms with van der Waals surface area (Å²) in [7, 11) is 0. The number of benzene rings is 1. The van der Waals surface area contributed by atoms with Gasteiger partial charge in [-0.15, -0.1) is 0 Å². The van der Waals surface area contributed by atoms with Crippen molar-refractivity contribution in [3.63, 3.8) is 0 Å². The number of rotatable bonds is 2. The van der Waals surface area contributed by atoms with Crippen molar-refractivity contribution >= 4 is 16.9 Å². The van der Waals surface area contributed by atoms with E-state index in [1.54, 1.807) is 6.26 Å². The Labute approximate surface area is 125 Å². The van der Waals surface area contributed by atoms with Crippen LogP contribution in [0.2, 0.25) is 0 Å². The maximum Gasteiger partial charge on any atom is 0.227 e. The summed E-state index contributed by atoms with van der Waals surface area (Å²) in [6.45, 7) is 7.23. The number of nitrogens with zero attached hydrogens (tertiary/aromatic N) is 1. The van der Waals surface area contributed by atoms with Crippen LogP contribution in [0.3, 0.4) is 0 Å². The molecule has 21 heavy (non-hydrogen) atoms. The van der Waals surface area contributed by atoms with Gasteiger partial charge < -0.3 is 9.32 Å². The molecule has 3 rings (SSSR count). The molecule has 1 fully saturated rings. The largest absolute Gasteiger partial charge is 0.464 e. The summed E-state index contributed by atoms with van der Waals surface area (Å²) in [5.74, 6) is 0.225. The van der Waals surface area contributed by atoms with Crippen LogP contribution in [-0.4, -0.2) is 23.4 Å². The first-order valence-electron chi connectivity index (χ1n) is 7.83. The van der Waals surface area contributed by atoms with Gasteiger partial charge in [-0.1, -0.05) is 0 Å². The molecule has 1 aliphatic rings. The standard InChI is InChI=1S/C18H23NO2/c1-12-8-16-15(11-21-17(16)9-13(12)2)10-18(20)19-7-5-4-6-14(19)3/h8-9,11,14H,4-7,10H2,1-3H3. The summed E-state index contributed by atoms with van der Waals surface area (Å²) in [5.41, 5.74) is 4.35. The quantitative estimate of drug-likeness (QED) is 0.836. The monoisotopic (exact) mass is 285 g/mol. The highest BCUT2D eigenvalue weighted by molar-refractivity contribution is 5.88. The minimum atomic E-state index is 0.225. The molecule has 1 amide bonds. The molecule has 3 heteroatoms. The molecule has 1 atom stereocenters. The van der Waals surface area contributed by atoms with Crippen molar-refractivity contribution in [1.82, 2.24) is 4.90 Å². The van der Waals surface area contributed by atoms with Crippen LogP contribution in [0.4, 0.5) is 0 Å². The highest BCUT2D eigenvalue weighted by Crippen LogP contribution is 2.26. The van der Waals surface area contributed by atoms with Crippen molar-refractivity contribution in [2.75, 3.05) is 6.54 Å². The molecular weight excluding hydrogens is 262 g/mol. The van der Waals surface area contributed by atoms with Gasteiger partial charge in [0.15, 0.2) is 0 Å². The zero-order chi connectivity index (χ0) is 15.0. The molecule has 1 saturated heterocycles. The maximum absolute atomic E-state index is 12.6. The maximum atomic E-state index is 12.6. The molecule has 0 aliphatic carbocycles. The van der Waals surface area contributed by atoms with E-state index in [1.807, 2.05) is 4.90 Å². The lowest BCUT2D eigenvalue weighted by Crippen LogP contribution is -2.42. The molecule has 1 unspecified atom stereocenters. The summed E-state index contributed by atoms with van der Waals surface area (Å²) in [4.78, 5) is 14.6. The Kier molecular flexibility index (Phi) is 3.75. The Morgan fingerprint density at radius 3 is 2.81 bits per heavy atom. The average molecular weight is 285 g/mol. The zero-order valence-electron chi connectivity index (χ0n) is 13.1. The number of aryl methyl sites for hydroxylation is 2. The van der Waals surface area contributed by atoms with Gasteiger partial charge in [-0.3, -0.25) is 4.79 Å². The third-order valence-corrected chi connectivity index (χ3v) is 4.74. The number of furan rings is 1. The minimum Gasteiger partial charge on any atom is -0.464 e. The molecule has 0 bridgehead atoms. The van der Waals surface area contributed by atoms with Gasteiger partial charge >= 0.3 is 0 Å². The average Bonchev–Trinajstić information content (AvgIpc) is 2.82. The van der Waals surface area contributed by atoms with Gasteiger partial charge in [0.2, 0.25) is 5.91 Å². The number of fused-ring (bicyclic) bond motifs is 1. The highest BCUT2D eigenvalue weighted by atomic mass is 16.3. The topological polar surface area (TPSA) is 33.5 Å². The van der Waals surface area contributed by atoms with E-state index in [-0.39, 0.29) is 5.91 Å². The van der Waals surface area contributed by atoms with Crippen LogP contribution in [0.15, 0.2) is 22.8 Å². The van der Waals surface area contributed by atoms with Crippen LogP contribution in [0.5, 0.6) is 0 Å². The van der Waals surface area contributed by atoms with Crippen LogP contribution >= 0.6 is 0 Å². The number of hydrogen-bond acceptors (Lipinski definition) is 2. The number of piperidine rings is 1. The molecule has 2 heterocycles. The number of amides is 1. The molecule has 0 saturated carbocycles. The number of hydrogen-bond donors (Lipinski definition) is 0. The Morgan fingerprint density at radius 2 is 2.05 bits per heavy atom. The lowest BCUT2D eigenvalue weighted by atomic mass is 10.0. The summed E-state index contributed by atoms with van der Waals surface area (Å²) in [6.07, 6.45) is 5.67. The SMILES string of the molecule is Cc1cc2occ(CC(=O)N3CCCCC3C)c2cc1C. The van der Waals surface area contributed by atoms with Crippen LogP contribution in [0.1, 0.15) is 42.9 Å². The van der Waals surface area contributed by atoms with Gasteiger partial charge in [0.25, 0.3) is 0 Å². The predicted molar refractivity (Wildman–Crippen MR) is 84.4 cm³/mol. The Hall–Kier alpha value is -1.77. The van der Waals surface area contributed by atoms with Crippen LogP contribution < -0.4 is 0 Å². The van der Waals surface area contributed by atoms with Crippen molar-refractivity contribution < 1.29 is 9.21 Å². The number of carbonyl (C=O) groups is 1. The van der Waals surface area contributed by atoms with Crippen molar-refractivity contribution in [2.24, 2.45) is 0 Å². The van der Waals surface area contributed by atoms with E-state index in [9.17, 15) is 4.79 Å². The third kappa shape index (κ3) is 2.69. The van der Waals surface area contributed by atoms with E-state index in [4.69, 9.17) is 4.42 Å². The van der Waals surface area contributed by atoms with Crippen LogP contribution in [0, 0.1) is 13.8 Å². The molecule has 112 valence electrons.